The van der Waals surface area contributed by atoms with Crippen LogP contribution in [0.2, 0.25) is 0 Å². The molecule has 2 N–H and O–H groups in total. The van der Waals surface area contributed by atoms with Crippen molar-refractivity contribution in [2.24, 2.45) is 0 Å². The Hall–Kier alpha value is -3.48. The summed E-state index contributed by atoms with van der Waals surface area (Å²) in [5.41, 5.74) is 3.48. The molecule has 134 valence electrons. The number of aromatic amines is 2. The molecule has 1 aromatic carbocycles. The van der Waals surface area contributed by atoms with Crippen LogP contribution < -0.4 is 0 Å². The van der Waals surface area contributed by atoms with E-state index in [1.807, 2.05) is 18.2 Å². The van der Waals surface area contributed by atoms with Crippen molar-refractivity contribution in [3.63, 3.8) is 0 Å². The highest BCUT2D eigenvalue weighted by atomic mass is 19.1. The summed E-state index contributed by atoms with van der Waals surface area (Å²) in [4.78, 5) is 22.1. The van der Waals surface area contributed by atoms with Gasteiger partial charge in [-0.05, 0) is 29.8 Å². The molecule has 1 saturated heterocycles. The summed E-state index contributed by atoms with van der Waals surface area (Å²) in [5.74, 6) is -0.257. The quantitative estimate of drug-likeness (QED) is 0.588. The third-order valence-corrected chi connectivity index (χ3v) is 5.02. The van der Waals surface area contributed by atoms with E-state index in [-0.39, 0.29) is 17.6 Å². The van der Waals surface area contributed by atoms with E-state index < -0.39 is 0 Å². The maximum absolute atomic E-state index is 13.9. The zero-order valence-corrected chi connectivity index (χ0v) is 14.3. The molecule has 7 heteroatoms. The second kappa shape index (κ2) is 6.05. The molecule has 3 aromatic heterocycles. The minimum Gasteiger partial charge on any atom is -0.336 e. The lowest BCUT2D eigenvalue weighted by Gasteiger charge is -2.39. The molecule has 27 heavy (non-hydrogen) atoms. The van der Waals surface area contributed by atoms with Crippen LogP contribution in [0.25, 0.3) is 22.3 Å². The van der Waals surface area contributed by atoms with Gasteiger partial charge in [0.2, 0.25) is 0 Å². The molecule has 4 aromatic rings. The number of rotatable bonds is 3. The molecule has 0 unspecified atom stereocenters. The Morgan fingerprint density at radius 3 is 2.81 bits per heavy atom. The van der Waals surface area contributed by atoms with E-state index in [1.165, 1.54) is 6.07 Å². The summed E-state index contributed by atoms with van der Waals surface area (Å²) >= 11 is 0. The first-order valence-corrected chi connectivity index (χ1v) is 8.71. The van der Waals surface area contributed by atoms with Gasteiger partial charge in [-0.3, -0.25) is 9.89 Å². The van der Waals surface area contributed by atoms with Crippen molar-refractivity contribution < 1.29 is 9.18 Å². The number of pyridine rings is 1. The molecule has 1 aliphatic rings. The Morgan fingerprint density at radius 1 is 1.19 bits per heavy atom. The Kier molecular flexibility index (Phi) is 3.53. The van der Waals surface area contributed by atoms with Crippen LogP contribution in [0.5, 0.6) is 0 Å². The monoisotopic (exact) mass is 361 g/mol. The Morgan fingerprint density at radius 2 is 2.04 bits per heavy atom. The number of nitrogens with one attached hydrogen (secondary N) is 2. The molecule has 1 fully saturated rings. The number of H-pyrrole nitrogens is 2. The molecule has 0 saturated carbocycles. The van der Waals surface area contributed by atoms with Gasteiger partial charge in [0, 0.05) is 36.2 Å². The van der Waals surface area contributed by atoms with E-state index in [0.717, 1.165) is 16.6 Å². The fourth-order valence-corrected chi connectivity index (χ4v) is 3.49. The minimum atomic E-state index is -0.212. The summed E-state index contributed by atoms with van der Waals surface area (Å²) in [7, 11) is 0. The maximum Gasteiger partial charge on any atom is 0.270 e. The summed E-state index contributed by atoms with van der Waals surface area (Å²) in [6, 6.07) is 12.4. The van der Waals surface area contributed by atoms with E-state index >= 15 is 0 Å². The van der Waals surface area contributed by atoms with Gasteiger partial charge in [0.1, 0.15) is 17.2 Å². The molecular weight excluding hydrogens is 345 g/mol. The van der Waals surface area contributed by atoms with E-state index in [1.54, 1.807) is 35.5 Å². The summed E-state index contributed by atoms with van der Waals surface area (Å²) in [6.45, 7) is 1.03. The van der Waals surface area contributed by atoms with E-state index in [0.29, 0.717) is 30.0 Å². The smallest absolute Gasteiger partial charge is 0.270 e. The first-order valence-electron chi connectivity index (χ1n) is 8.71. The van der Waals surface area contributed by atoms with Crippen LogP contribution in [-0.2, 0) is 0 Å². The van der Waals surface area contributed by atoms with Crippen LogP contribution >= 0.6 is 0 Å². The van der Waals surface area contributed by atoms with Crippen LogP contribution in [-0.4, -0.2) is 44.1 Å². The van der Waals surface area contributed by atoms with E-state index in [9.17, 15) is 9.18 Å². The molecule has 5 rings (SSSR count). The Balaban J connectivity index is 1.35. The van der Waals surface area contributed by atoms with Gasteiger partial charge in [-0.15, -0.1) is 0 Å². The predicted octanol–water partition coefficient (Wildman–Crippen LogP) is 3.33. The molecule has 0 spiro atoms. The van der Waals surface area contributed by atoms with Gasteiger partial charge in [0.15, 0.2) is 0 Å². The number of aromatic nitrogens is 4. The van der Waals surface area contributed by atoms with Crippen molar-refractivity contribution in [2.75, 3.05) is 13.1 Å². The number of hydrogen-bond acceptors (Lipinski definition) is 3. The molecule has 0 atom stereocenters. The average molecular weight is 361 g/mol. The standard InChI is InChI=1S/C20H16FN5O/c21-16-4-2-1-3-15(16)14-10-26(11-14)20(27)18-7-12-5-6-17(24-19(12)25-18)13-8-22-23-9-13/h1-9,14H,10-11H2,(H,22,23)(H,24,25). The highest BCUT2D eigenvalue weighted by molar-refractivity contribution is 5.98. The normalized spacial score (nSPS) is 14.5. The Bertz CT molecular complexity index is 1130. The number of carbonyl (C=O) groups is 1. The minimum absolute atomic E-state index is 0.0466. The number of fused-ring (bicyclic) bond motifs is 1. The molecule has 0 aliphatic carbocycles. The Labute approximate surface area is 154 Å². The highest BCUT2D eigenvalue weighted by Gasteiger charge is 2.34. The zero-order valence-electron chi connectivity index (χ0n) is 14.3. The van der Waals surface area contributed by atoms with Crippen LogP contribution in [0, 0.1) is 5.82 Å². The van der Waals surface area contributed by atoms with Gasteiger partial charge in [0.25, 0.3) is 5.91 Å². The van der Waals surface area contributed by atoms with Crippen molar-refractivity contribution in [3.8, 4) is 11.3 Å². The predicted molar refractivity (Wildman–Crippen MR) is 98.7 cm³/mol. The van der Waals surface area contributed by atoms with Crippen LogP contribution in [0.3, 0.4) is 0 Å². The topological polar surface area (TPSA) is 77.7 Å². The number of hydrogen-bond donors (Lipinski definition) is 2. The SMILES string of the molecule is O=C(c1cc2ccc(-c3cn[nH]c3)nc2[nH]1)N1CC(c2ccccc2F)C1. The number of carbonyl (C=O) groups excluding carboxylic acids is 1. The van der Waals surface area contributed by atoms with Crippen molar-refractivity contribution in [1.29, 1.82) is 0 Å². The summed E-state index contributed by atoms with van der Waals surface area (Å²) in [5, 5.41) is 7.57. The van der Waals surface area contributed by atoms with Crippen molar-refractivity contribution in [1.82, 2.24) is 25.1 Å². The third kappa shape index (κ3) is 2.68. The van der Waals surface area contributed by atoms with Crippen molar-refractivity contribution in [2.45, 2.75) is 5.92 Å². The van der Waals surface area contributed by atoms with Crippen LogP contribution in [0.1, 0.15) is 22.0 Å². The molecule has 1 aliphatic heterocycles. The van der Waals surface area contributed by atoms with Crippen molar-refractivity contribution >= 4 is 16.9 Å². The lowest BCUT2D eigenvalue weighted by molar-refractivity contribution is 0.0593. The molecule has 4 heterocycles. The van der Waals surface area contributed by atoms with Gasteiger partial charge in [0.05, 0.1) is 11.9 Å². The molecule has 0 radical (unpaired) electrons. The second-order valence-electron chi connectivity index (χ2n) is 6.73. The second-order valence-corrected chi connectivity index (χ2v) is 6.73. The van der Waals surface area contributed by atoms with Crippen LogP contribution in [0.15, 0.2) is 54.9 Å². The fraction of sp³-hybridized carbons (Fsp3) is 0.150. The molecule has 1 amide bonds. The van der Waals surface area contributed by atoms with Gasteiger partial charge in [-0.1, -0.05) is 18.2 Å². The third-order valence-electron chi connectivity index (χ3n) is 5.02. The largest absolute Gasteiger partial charge is 0.336 e. The number of likely N-dealkylation sites (tertiary alicyclic amines) is 1. The first kappa shape index (κ1) is 15.7. The lowest BCUT2D eigenvalue weighted by atomic mass is 9.91. The van der Waals surface area contributed by atoms with E-state index in [4.69, 9.17) is 0 Å². The van der Waals surface area contributed by atoms with Gasteiger partial charge < -0.3 is 9.88 Å². The van der Waals surface area contributed by atoms with Gasteiger partial charge in [-0.25, -0.2) is 9.37 Å². The summed E-state index contributed by atoms with van der Waals surface area (Å²) < 4.78 is 13.9. The maximum atomic E-state index is 13.9. The van der Waals surface area contributed by atoms with Crippen LogP contribution in [0.4, 0.5) is 4.39 Å². The number of amides is 1. The summed E-state index contributed by atoms with van der Waals surface area (Å²) in [6.07, 6.45) is 3.47. The zero-order chi connectivity index (χ0) is 18.4. The number of nitrogens with zero attached hydrogens (tertiary/aromatic N) is 3. The molecule has 6 nitrogen and oxygen atoms in total. The number of benzene rings is 1. The average Bonchev–Trinajstić information content (AvgIpc) is 3.31. The van der Waals surface area contributed by atoms with E-state index in [2.05, 4.69) is 20.2 Å². The fourth-order valence-electron chi connectivity index (χ4n) is 3.49. The highest BCUT2D eigenvalue weighted by Crippen LogP contribution is 2.30. The number of halogens is 1. The van der Waals surface area contributed by atoms with Crippen molar-refractivity contribution in [3.05, 3.63) is 71.9 Å². The lowest BCUT2D eigenvalue weighted by Crippen LogP contribution is -2.48. The van der Waals surface area contributed by atoms with Gasteiger partial charge in [-0.2, -0.15) is 5.10 Å². The first-order chi connectivity index (χ1) is 13.2. The molecule has 0 bridgehead atoms. The van der Waals surface area contributed by atoms with Gasteiger partial charge >= 0.3 is 0 Å². The molecular formula is C20H16FN5O.